The standard InChI is InChI=1S/C12H18N2O3S/c1-12(16-5-6-17-12)3-4-13-11(15)14-8-10-2-7-18-9-10/h2,7,9H,3-6,8H2,1H3,(H2,13,14,15). The second-order valence-corrected chi connectivity index (χ2v) is 5.10. The summed E-state index contributed by atoms with van der Waals surface area (Å²) in [6.07, 6.45) is 0.652. The van der Waals surface area contributed by atoms with Gasteiger partial charge in [-0.25, -0.2) is 4.79 Å². The van der Waals surface area contributed by atoms with E-state index >= 15 is 0 Å². The van der Waals surface area contributed by atoms with Crippen molar-refractivity contribution >= 4 is 17.4 Å². The number of thiophene rings is 1. The van der Waals surface area contributed by atoms with E-state index in [0.717, 1.165) is 5.56 Å². The summed E-state index contributed by atoms with van der Waals surface area (Å²) < 4.78 is 10.9. The summed E-state index contributed by atoms with van der Waals surface area (Å²) in [7, 11) is 0. The SMILES string of the molecule is CC1(CCNC(=O)NCc2ccsc2)OCCO1. The lowest BCUT2D eigenvalue weighted by Crippen LogP contribution is -2.38. The zero-order valence-electron chi connectivity index (χ0n) is 10.4. The number of nitrogens with one attached hydrogen (secondary N) is 2. The summed E-state index contributed by atoms with van der Waals surface area (Å²) in [5.74, 6) is -0.541. The zero-order chi connectivity index (χ0) is 12.8. The van der Waals surface area contributed by atoms with Gasteiger partial charge < -0.3 is 20.1 Å². The molecule has 18 heavy (non-hydrogen) atoms. The minimum Gasteiger partial charge on any atom is -0.348 e. The van der Waals surface area contributed by atoms with Crippen LogP contribution in [-0.4, -0.2) is 31.6 Å². The summed E-state index contributed by atoms with van der Waals surface area (Å²) in [6, 6.07) is 1.83. The van der Waals surface area contributed by atoms with E-state index in [2.05, 4.69) is 10.6 Å². The smallest absolute Gasteiger partial charge is 0.315 e. The van der Waals surface area contributed by atoms with E-state index in [4.69, 9.17) is 9.47 Å². The summed E-state index contributed by atoms with van der Waals surface area (Å²) in [4.78, 5) is 11.5. The lowest BCUT2D eigenvalue weighted by Gasteiger charge is -2.22. The zero-order valence-corrected chi connectivity index (χ0v) is 11.2. The van der Waals surface area contributed by atoms with Crippen LogP contribution < -0.4 is 10.6 Å². The Bertz CT molecular complexity index is 375. The molecule has 0 bridgehead atoms. The number of amides is 2. The van der Waals surface area contributed by atoms with Crippen LogP contribution in [0.2, 0.25) is 0 Å². The monoisotopic (exact) mass is 270 g/mol. The van der Waals surface area contributed by atoms with Crippen LogP contribution in [-0.2, 0) is 16.0 Å². The Balaban J connectivity index is 1.60. The molecule has 0 unspecified atom stereocenters. The van der Waals surface area contributed by atoms with Crippen molar-refractivity contribution in [2.24, 2.45) is 0 Å². The molecule has 1 aliphatic rings. The molecule has 6 heteroatoms. The molecule has 0 spiro atoms. The van der Waals surface area contributed by atoms with Gasteiger partial charge in [-0.05, 0) is 29.3 Å². The van der Waals surface area contributed by atoms with E-state index in [9.17, 15) is 4.79 Å². The van der Waals surface area contributed by atoms with E-state index in [1.165, 1.54) is 0 Å². The molecule has 1 saturated heterocycles. The third kappa shape index (κ3) is 3.97. The molecule has 2 heterocycles. The molecule has 0 atom stereocenters. The molecular weight excluding hydrogens is 252 g/mol. The van der Waals surface area contributed by atoms with Crippen molar-refractivity contribution in [1.82, 2.24) is 10.6 Å². The van der Waals surface area contributed by atoms with Gasteiger partial charge in [0.2, 0.25) is 0 Å². The van der Waals surface area contributed by atoms with Crippen LogP contribution >= 0.6 is 11.3 Å². The number of hydrogen-bond acceptors (Lipinski definition) is 4. The quantitative estimate of drug-likeness (QED) is 0.856. The minimum atomic E-state index is -0.541. The van der Waals surface area contributed by atoms with Gasteiger partial charge in [-0.1, -0.05) is 0 Å². The second-order valence-electron chi connectivity index (χ2n) is 4.32. The average Bonchev–Trinajstić information content (AvgIpc) is 2.98. The largest absolute Gasteiger partial charge is 0.348 e. The highest BCUT2D eigenvalue weighted by Crippen LogP contribution is 2.21. The van der Waals surface area contributed by atoms with Gasteiger partial charge >= 0.3 is 6.03 Å². The van der Waals surface area contributed by atoms with Crippen molar-refractivity contribution in [3.8, 4) is 0 Å². The van der Waals surface area contributed by atoms with Crippen LogP contribution in [0.25, 0.3) is 0 Å². The second kappa shape index (κ2) is 6.17. The van der Waals surface area contributed by atoms with Crippen LogP contribution in [0.5, 0.6) is 0 Å². The van der Waals surface area contributed by atoms with Gasteiger partial charge in [-0.2, -0.15) is 11.3 Å². The van der Waals surface area contributed by atoms with E-state index in [1.54, 1.807) is 11.3 Å². The summed E-state index contributed by atoms with van der Waals surface area (Å²) >= 11 is 1.62. The first kappa shape index (κ1) is 13.3. The van der Waals surface area contributed by atoms with Gasteiger partial charge in [-0.15, -0.1) is 0 Å². The first-order valence-corrected chi connectivity index (χ1v) is 6.93. The van der Waals surface area contributed by atoms with Crippen LogP contribution in [0.3, 0.4) is 0 Å². The fraction of sp³-hybridized carbons (Fsp3) is 0.583. The molecule has 1 aromatic rings. The molecule has 1 aliphatic heterocycles. The van der Waals surface area contributed by atoms with Crippen molar-refractivity contribution in [3.63, 3.8) is 0 Å². The van der Waals surface area contributed by atoms with E-state index in [-0.39, 0.29) is 6.03 Å². The van der Waals surface area contributed by atoms with Gasteiger partial charge in [-0.3, -0.25) is 0 Å². The number of ether oxygens (including phenoxy) is 2. The summed E-state index contributed by atoms with van der Waals surface area (Å²) in [5.41, 5.74) is 1.12. The molecule has 1 fully saturated rings. The van der Waals surface area contributed by atoms with Crippen LogP contribution in [0, 0.1) is 0 Å². The highest BCUT2D eigenvalue weighted by Gasteiger charge is 2.30. The van der Waals surface area contributed by atoms with Crippen molar-refractivity contribution in [2.75, 3.05) is 19.8 Å². The van der Waals surface area contributed by atoms with Gasteiger partial charge in [0.05, 0.1) is 13.2 Å². The maximum atomic E-state index is 11.5. The Hall–Kier alpha value is -1.11. The Morgan fingerprint density at radius 1 is 1.44 bits per heavy atom. The van der Waals surface area contributed by atoms with E-state index in [0.29, 0.717) is 32.7 Å². The Morgan fingerprint density at radius 3 is 2.89 bits per heavy atom. The van der Waals surface area contributed by atoms with Crippen LogP contribution in [0.4, 0.5) is 4.79 Å². The summed E-state index contributed by atoms with van der Waals surface area (Å²) in [6.45, 7) is 4.23. The summed E-state index contributed by atoms with van der Waals surface area (Å²) in [5, 5.41) is 9.59. The highest BCUT2D eigenvalue weighted by atomic mass is 32.1. The number of urea groups is 1. The normalized spacial score (nSPS) is 17.6. The van der Waals surface area contributed by atoms with Crippen LogP contribution in [0.15, 0.2) is 16.8 Å². The third-order valence-corrected chi connectivity index (χ3v) is 3.53. The lowest BCUT2D eigenvalue weighted by atomic mass is 10.2. The van der Waals surface area contributed by atoms with Gasteiger partial charge in [0.25, 0.3) is 0 Å². The van der Waals surface area contributed by atoms with Gasteiger partial charge in [0.15, 0.2) is 5.79 Å². The molecule has 1 aromatic heterocycles. The van der Waals surface area contributed by atoms with Gasteiger partial charge in [0.1, 0.15) is 0 Å². The molecule has 0 aromatic carbocycles. The molecule has 5 nitrogen and oxygen atoms in total. The predicted octanol–water partition coefficient (Wildman–Crippen LogP) is 1.70. The lowest BCUT2D eigenvalue weighted by molar-refractivity contribution is -0.145. The van der Waals surface area contributed by atoms with Crippen molar-refractivity contribution in [2.45, 2.75) is 25.7 Å². The first-order valence-electron chi connectivity index (χ1n) is 5.99. The fourth-order valence-corrected chi connectivity index (χ4v) is 2.41. The Labute approximate surface area is 110 Å². The minimum absolute atomic E-state index is 0.164. The topological polar surface area (TPSA) is 59.6 Å². The maximum absolute atomic E-state index is 11.5. The Morgan fingerprint density at radius 2 is 2.22 bits per heavy atom. The average molecular weight is 270 g/mol. The fourth-order valence-electron chi connectivity index (χ4n) is 1.74. The highest BCUT2D eigenvalue weighted by molar-refractivity contribution is 7.07. The molecule has 2 rings (SSSR count). The van der Waals surface area contributed by atoms with E-state index < -0.39 is 5.79 Å². The van der Waals surface area contributed by atoms with Crippen molar-refractivity contribution in [3.05, 3.63) is 22.4 Å². The molecule has 2 amide bonds. The van der Waals surface area contributed by atoms with E-state index in [1.807, 2.05) is 23.8 Å². The molecule has 2 N–H and O–H groups in total. The number of carbonyl (C=O) groups excluding carboxylic acids is 1. The molecule has 0 aliphatic carbocycles. The molecule has 100 valence electrons. The third-order valence-electron chi connectivity index (χ3n) is 2.80. The molecular formula is C12H18N2O3S. The number of rotatable bonds is 5. The first-order chi connectivity index (χ1) is 8.68. The maximum Gasteiger partial charge on any atom is 0.315 e. The molecule has 0 saturated carbocycles. The molecule has 0 radical (unpaired) electrons. The number of carbonyl (C=O) groups is 1. The van der Waals surface area contributed by atoms with Crippen LogP contribution in [0.1, 0.15) is 18.9 Å². The van der Waals surface area contributed by atoms with Crippen molar-refractivity contribution < 1.29 is 14.3 Å². The Kier molecular flexibility index (Phi) is 4.57. The number of hydrogen-bond donors (Lipinski definition) is 2. The predicted molar refractivity (Wildman–Crippen MR) is 69.5 cm³/mol. The van der Waals surface area contributed by atoms with Gasteiger partial charge in [0, 0.05) is 19.5 Å². The van der Waals surface area contributed by atoms with Crippen molar-refractivity contribution in [1.29, 1.82) is 0 Å².